The third-order valence-corrected chi connectivity index (χ3v) is 4.02. The number of hydrogen-bond donors (Lipinski definition) is 2. The molecular formula is C14H19BrN2O2. The number of likely N-dealkylation sites (tertiary alicyclic amines) is 1. The van der Waals surface area contributed by atoms with Gasteiger partial charge < -0.3 is 15.3 Å². The Hall–Kier alpha value is -1.07. The Bertz CT molecular complexity index is 465. The molecule has 1 unspecified atom stereocenters. The maximum atomic E-state index is 11.3. The number of likely N-dealkylation sites (N-methyl/N-ethyl adjacent to an activating group) is 1. The second-order valence-corrected chi connectivity index (χ2v) is 5.79. The number of benzene rings is 1. The lowest BCUT2D eigenvalue weighted by atomic mass is 10.0. The highest BCUT2D eigenvalue weighted by atomic mass is 79.9. The van der Waals surface area contributed by atoms with Crippen molar-refractivity contribution in [1.29, 1.82) is 0 Å². The lowest BCUT2D eigenvalue weighted by Crippen LogP contribution is -2.42. The molecule has 0 aliphatic carbocycles. The van der Waals surface area contributed by atoms with E-state index in [1.807, 2.05) is 12.1 Å². The Kier molecular flexibility index (Phi) is 4.82. The average Bonchev–Trinajstić information content (AvgIpc) is 2.41. The lowest BCUT2D eigenvalue weighted by molar-refractivity contribution is 0.0697. The molecule has 1 aromatic rings. The molecule has 1 atom stereocenters. The van der Waals surface area contributed by atoms with Crippen molar-refractivity contribution in [2.75, 3.05) is 25.0 Å². The van der Waals surface area contributed by atoms with Crippen LogP contribution in [0.5, 0.6) is 0 Å². The summed E-state index contributed by atoms with van der Waals surface area (Å²) < 4.78 is 0.786. The molecule has 0 aromatic heterocycles. The van der Waals surface area contributed by atoms with Gasteiger partial charge in [-0.2, -0.15) is 0 Å². The van der Waals surface area contributed by atoms with Crippen LogP contribution in [-0.4, -0.2) is 41.7 Å². The van der Waals surface area contributed by atoms with E-state index in [0.29, 0.717) is 17.3 Å². The predicted octanol–water partition coefficient (Wildman–Crippen LogP) is 3.04. The quantitative estimate of drug-likeness (QED) is 0.892. The standard InChI is InChI=1S/C14H19BrN2O2/c1-2-17-7-3-4-11(9-17)16-13-6-5-10(15)8-12(13)14(18)19/h5-6,8,11,16H,2-4,7,9H2,1H3,(H,18,19). The van der Waals surface area contributed by atoms with E-state index in [9.17, 15) is 9.90 Å². The van der Waals surface area contributed by atoms with Gasteiger partial charge in [0.05, 0.1) is 5.56 Å². The number of carboxylic acids is 1. The third-order valence-electron chi connectivity index (χ3n) is 3.52. The van der Waals surface area contributed by atoms with Crippen molar-refractivity contribution in [3.8, 4) is 0 Å². The van der Waals surface area contributed by atoms with Gasteiger partial charge in [0, 0.05) is 22.7 Å². The van der Waals surface area contributed by atoms with Crippen molar-refractivity contribution in [2.24, 2.45) is 0 Å². The summed E-state index contributed by atoms with van der Waals surface area (Å²) in [5, 5.41) is 12.6. The van der Waals surface area contributed by atoms with E-state index in [1.165, 1.54) is 0 Å². The van der Waals surface area contributed by atoms with Crippen molar-refractivity contribution in [3.63, 3.8) is 0 Å². The van der Waals surface area contributed by atoms with E-state index in [1.54, 1.807) is 6.07 Å². The first-order valence-electron chi connectivity index (χ1n) is 6.62. The van der Waals surface area contributed by atoms with Crippen LogP contribution in [-0.2, 0) is 0 Å². The zero-order chi connectivity index (χ0) is 13.8. The first-order chi connectivity index (χ1) is 9.10. The van der Waals surface area contributed by atoms with Crippen LogP contribution in [0.2, 0.25) is 0 Å². The maximum Gasteiger partial charge on any atom is 0.337 e. The second-order valence-electron chi connectivity index (χ2n) is 4.87. The number of piperidine rings is 1. The topological polar surface area (TPSA) is 52.6 Å². The Balaban J connectivity index is 2.12. The molecule has 104 valence electrons. The number of carboxylic acid groups (broad SMARTS) is 1. The molecule has 5 heteroatoms. The minimum Gasteiger partial charge on any atom is -0.478 e. The maximum absolute atomic E-state index is 11.3. The van der Waals surface area contributed by atoms with Crippen LogP contribution in [0, 0.1) is 0 Å². The van der Waals surface area contributed by atoms with Crippen molar-refractivity contribution in [3.05, 3.63) is 28.2 Å². The van der Waals surface area contributed by atoms with Gasteiger partial charge in [0.2, 0.25) is 0 Å². The lowest BCUT2D eigenvalue weighted by Gasteiger charge is -2.33. The molecule has 1 aromatic carbocycles. The molecule has 2 rings (SSSR count). The van der Waals surface area contributed by atoms with Crippen LogP contribution in [0.1, 0.15) is 30.1 Å². The molecule has 0 bridgehead atoms. The smallest absolute Gasteiger partial charge is 0.337 e. The summed E-state index contributed by atoms with van der Waals surface area (Å²) in [6, 6.07) is 5.67. The highest BCUT2D eigenvalue weighted by Crippen LogP contribution is 2.23. The van der Waals surface area contributed by atoms with Crippen molar-refractivity contribution < 1.29 is 9.90 Å². The van der Waals surface area contributed by atoms with Crippen LogP contribution in [0.15, 0.2) is 22.7 Å². The number of halogens is 1. The van der Waals surface area contributed by atoms with Gasteiger partial charge in [0.25, 0.3) is 0 Å². The second kappa shape index (κ2) is 6.39. The number of anilines is 1. The Morgan fingerprint density at radius 3 is 3.05 bits per heavy atom. The zero-order valence-corrected chi connectivity index (χ0v) is 12.6. The van der Waals surface area contributed by atoms with Crippen LogP contribution >= 0.6 is 15.9 Å². The molecule has 0 saturated carbocycles. The summed E-state index contributed by atoms with van der Waals surface area (Å²) in [4.78, 5) is 13.7. The molecule has 0 amide bonds. The summed E-state index contributed by atoms with van der Waals surface area (Å²) in [5.74, 6) is -0.896. The Labute approximate surface area is 121 Å². The summed E-state index contributed by atoms with van der Waals surface area (Å²) in [6.07, 6.45) is 2.25. The van der Waals surface area contributed by atoms with Crippen LogP contribution < -0.4 is 5.32 Å². The largest absolute Gasteiger partial charge is 0.478 e. The predicted molar refractivity (Wildman–Crippen MR) is 79.9 cm³/mol. The first kappa shape index (κ1) is 14.3. The van der Waals surface area contributed by atoms with Gasteiger partial charge in [-0.15, -0.1) is 0 Å². The number of nitrogens with one attached hydrogen (secondary N) is 1. The van der Waals surface area contributed by atoms with Gasteiger partial charge in [-0.05, 0) is 44.1 Å². The van der Waals surface area contributed by atoms with Gasteiger partial charge in [-0.25, -0.2) is 4.79 Å². The molecular weight excluding hydrogens is 308 g/mol. The molecule has 1 aliphatic heterocycles. The van der Waals surface area contributed by atoms with Crippen molar-refractivity contribution in [1.82, 2.24) is 4.90 Å². The molecule has 1 fully saturated rings. The molecule has 1 saturated heterocycles. The van der Waals surface area contributed by atoms with Gasteiger partial charge in [-0.3, -0.25) is 0 Å². The third kappa shape index (κ3) is 3.70. The summed E-state index contributed by atoms with van der Waals surface area (Å²) >= 11 is 3.31. The minimum absolute atomic E-state index is 0.322. The van der Waals surface area contributed by atoms with Gasteiger partial charge in [0.15, 0.2) is 0 Å². The highest BCUT2D eigenvalue weighted by Gasteiger charge is 2.20. The molecule has 19 heavy (non-hydrogen) atoms. The molecule has 0 radical (unpaired) electrons. The van der Waals surface area contributed by atoms with Crippen LogP contribution in [0.3, 0.4) is 0 Å². The van der Waals surface area contributed by atoms with E-state index < -0.39 is 5.97 Å². The fourth-order valence-corrected chi connectivity index (χ4v) is 2.86. The first-order valence-corrected chi connectivity index (χ1v) is 7.41. The number of carbonyl (C=O) groups is 1. The molecule has 0 spiro atoms. The van der Waals surface area contributed by atoms with Gasteiger partial charge in [-0.1, -0.05) is 22.9 Å². The Morgan fingerprint density at radius 1 is 1.58 bits per heavy atom. The molecule has 4 nitrogen and oxygen atoms in total. The van der Waals surface area contributed by atoms with Crippen molar-refractivity contribution in [2.45, 2.75) is 25.8 Å². The van der Waals surface area contributed by atoms with E-state index in [0.717, 1.165) is 36.9 Å². The summed E-state index contributed by atoms with van der Waals surface area (Å²) in [5.41, 5.74) is 1.03. The molecule has 1 heterocycles. The van der Waals surface area contributed by atoms with Crippen LogP contribution in [0.4, 0.5) is 5.69 Å². The van der Waals surface area contributed by atoms with E-state index in [2.05, 4.69) is 33.1 Å². The molecule has 1 aliphatic rings. The fourth-order valence-electron chi connectivity index (χ4n) is 2.50. The van der Waals surface area contributed by atoms with Gasteiger partial charge >= 0.3 is 5.97 Å². The van der Waals surface area contributed by atoms with E-state index >= 15 is 0 Å². The zero-order valence-electron chi connectivity index (χ0n) is 11.0. The van der Waals surface area contributed by atoms with E-state index in [-0.39, 0.29) is 0 Å². The van der Waals surface area contributed by atoms with Gasteiger partial charge in [0.1, 0.15) is 0 Å². The monoisotopic (exact) mass is 326 g/mol. The van der Waals surface area contributed by atoms with Crippen LogP contribution in [0.25, 0.3) is 0 Å². The summed E-state index contributed by atoms with van der Waals surface area (Å²) in [7, 11) is 0. The number of nitrogens with zero attached hydrogens (tertiary/aromatic N) is 1. The normalized spacial score (nSPS) is 20.2. The fraction of sp³-hybridized carbons (Fsp3) is 0.500. The number of rotatable bonds is 4. The average molecular weight is 327 g/mol. The minimum atomic E-state index is -0.896. The number of hydrogen-bond acceptors (Lipinski definition) is 3. The highest BCUT2D eigenvalue weighted by molar-refractivity contribution is 9.10. The summed E-state index contributed by atoms with van der Waals surface area (Å²) in [6.45, 7) is 5.32. The van der Waals surface area contributed by atoms with Crippen molar-refractivity contribution >= 4 is 27.6 Å². The molecule has 2 N–H and O–H groups in total. The number of aromatic carboxylic acids is 1. The Morgan fingerprint density at radius 2 is 2.37 bits per heavy atom. The van der Waals surface area contributed by atoms with E-state index in [4.69, 9.17) is 0 Å². The SMILES string of the molecule is CCN1CCCC(Nc2ccc(Br)cc2C(=O)O)C1.